The molecule has 0 spiro atoms. The van der Waals surface area contributed by atoms with Crippen LogP contribution < -0.4 is 14.2 Å². The maximum atomic E-state index is 12.8. The van der Waals surface area contributed by atoms with E-state index in [1.807, 2.05) is 0 Å². The minimum Gasteiger partial charge on any atom is -0.493 e. The summed E-state index contributed by atoms with van der Waals surface area (Å²) in [4.78, 5) is 7.08. The van der Waals surface area contributed by atoms with Gasteiger partial charge in [-0.2, -0.15) is 0 Å². The molecule has 0 bridgehead atoms. The lowest BCUT2D eigenvalue weighted by atomic mass is 10.3. The van der Waals surface area contributed by atoms with E-state index in [0.29, 0.717) is 41.4 Å². The van der Waals surface area contributed by atoms with Crippen molar-refractivity contribution in [2.24, 2.45) is 0 Å². The summed E-state index contributed by atoms with van der Waals surface area (Å²) < 4.78 is 43.8. The Balaban J connectivity index is 1.88. The van der Waals surface area contributed by atoms with Gasteiger partial charge in [0, 0.05) is 31.0 Å². The highest BCUT2D eigenvalue weighted by atomic mass is 32.2. The van der Waals surface area contributed by atoms with Gasteiger partial charge in [0.2, 0.25) is 0 Å². The molecule has 0 saturated heterocycles. The molecule has 9 heteroatoms. The van der Waals surface area contributed by atoms with Gasteiger partial charge in [0.1, 0.15) is 17.1 Å². The number of benzene rings is 1. The van der Waals surface area contributed by atoms with E-state index in [1.54, 1.807) is 43.6 Å². The number of pyridine rings is 1. The standard InChI is InChI=1S/C17H19N3O5S/c1-23-8-9-25-15-10-12(5-6-14(15)24-2)20-26(21,22)16-11-19-17-13(16)4-3-7-18-17/h3-7,10-11,20H,8-9H2,1-2H3,(H,18,19). The monoisotopic (exact) mass is 377 g/mol. The summed E-state index contributed by atoms with van der Waals surface area (Å²) in [5, 5.41) is 0.519. The van der Waals surface area contributed by atoms with Crippen LogP contribution in [0.4, 0.5) is 5.69 Å². The molecule has 3 rings (SSSR count). The van der Waals surface area contributed by atoms with E-state index in [4.69, 9.17) is 14.2 Å². The number of rotatable bonds is 8. The van der Waals surface area contributed by atoms with Crippen molar-refractivity contribution in [1.29, 1.82) is 0 Å². The predicted octanol–water partition coefficient (Wildman–Crippen LogP) is 2.40. The largest absolute Gasteiger partial charge is 0.493 e. The molecule has 2 aromatic heterocycles. The Morgan fingerprint density at radius 2 is 2.00 bits per heavy atom. The van der Waals surface area contributed by atoms with Crippen LogP contribution in [0.5, 0.6) is 11.5 Å². The average Bonchev–Trinajstić information content (AvgIpc) is 3.07. The second kappa shape index (κ2) is 7.63. The summed E-state index contributed by atoms with van der Waals surface area (Å²) in [6.45, 7) is 0.721. The van der Waals surface area contributed by atoms with Crippen molar-refractivity contribution >= 4 is 26.7 Å². The molecular formula is C17H19N3O5S. The van der Waals surface area contributed by atoms with Crippen molar-refractivity contribution in [3.05, 3.63) is 42.7 Å². The van der Waals surface area contributed by atoms with Gasteiger partial charge in [0.05, 0.1) is 19.4 Å². The molecule has 0 radical (unpaired) electrons. The second-order valence-corrected chi connectivity index (χ2v) is 7.02. The molecule has 1 aromatic carbocycles. The van der Waals surface area contributed by atoms with Gasteiger partial charge in [-0.25, -0.2) is 13.4 Å². The van der Waals surface area contributed by atoms with Crippen LogP contribution in [0.1, 0.15) is 0 Å². The number of ether oxygens (including phenoxy) is 3. The number of hydrogen-bond acceptors (Lipinski definition) is 6. The maximum absolute atomic E-state index is 12.8. The number of methoxy groups -OCH3 is 2. The number of aromatic nitrogens is 2. The fourth-order valence-electron chi connectivity index (χ4n) is 2.45. The number of nitrogens with zero attached hydrogens (tertiary/aromatic N) is 1. The summed E-state index contributed by atoms with van der Waals surface area (Å²) >= 11 is 0. The number of anilines is 1. The van der Waals surface area contributed by atoms with Gasteiger partial charge in [0.25, 0.3) is 10.0 Å². The van der Waals surface area contributed by atoms with Crippen molar-refractivity contribution in [3.8, 4) is 11.5 Å². The Morgan fingerprint density at radius 3 is 2.77 bits per heavy atom. The van der Waals surface area contributed by atoms with Gasteiger partial charge < -0.3 is 19.2 Å². The molecule has 0 aliphatic heterocycles. The topological polar surface area (TPSA) is 103 Å². The van der Waals surface area contributed by atoms with Crippen LogP contribution in [0, 0.1) is 0 Å². The van der Waals surface area contributed by atoms with Gasteiger partial charge in [-0.3, -0.25) is 4.72 Å². The molecule has 0 unspecified atom stereocenters. The molecule has 2 heterocycles. The second-order valence-electron chi connectivity index (χ2n) is 5.36. The van der Waals surface area contributed by atoms with Crippen LogP contribution in [0.25, 0.3) is 11.0 Å². The van der Waals surface area contributed by atoms with E-state index < -0.39 is 10.0 Å². The molecule has 138 valence electrons. The third-order valence-electron chi connectivity index (χ3n) is 3.66. The Morgan fingerprint density at radius 1 is 1.15 bits per heavy atom. The van der Waals surface area contributed by atoms with E-state index in [2.05, 4.69) is 14.7 Å². The highest BCUT2D eigenvalue weighted by Crippen LogP contribution is 2.32. The number of nitrogens with one attached hydrogen (secondary N) is 2. The first kappa shape index (κ1) is 18.0. The predicted molar refractivity (Wildman–Crippen MR) is 97.3 cm³/mol. The minimum atomic E-state index is -3.80. The normalized spacial score (nSPS) is 11.5. The molecule has 0 saturated carbocycles. The molecule has 3 aromatic rings. The highest BCUT2D eigenvalue weighted by Gasteiger charge is 2.20. The first-order valence-corrected chi connectivity index (χ1v) is 9.28. The molecule has 0 amide bonds. The van der Waals surface area contributed by atoms with Gasteiger partial charge in [-0.1, -0.05) is 0 Å². The lowest BCUT2D eigenvalue weighted by molar-refractivity contribution is 0.144. The van der Waals surface area contributed by atoms with E-state index in [0.717, 1.165) is 0 Å². The van der Waals surface area contributed by atoms with Gasteiger partial charge in [-0.05, 0) is 24.3 Å². The number of fused-ring (bicyclic) bond motifs is 1. The molecule has 0 atom stereocenters. The lowest BCUT2D eigenvalue weighted by Gasteiger charge is -2.13. The van der Waals surface area contributed by atoms with Crippen LogP contribution in [0.2, 0.25) is 0 Å². The molecule has 8 nitrogen and oxygen atoms in total. The fourth-order valence-corrected chi connectivity index (χ4v) is 3.67. The van der Waals surface area contributed by atoms with Crippen molar-refractivity contribution in [2.75, 3.05) is 32.2 Å². The fraction of sp³-hybridized carbons (Fsp3) is 0.235. The van der Waals surface area contributed by atoms with Gasteiger partial charge >= 0.3 is 0 Å². The molecule has 0 aliphatic rings. The first-order valence-electron chi connectivity index (χ1n) is 7.80. The van der Waals surface area contributed by atoms with Crippen molar-refractivity contribution in [2.45, 2.75) is 4.90 Å². The zero-order chi connectivity index (χ0) is 18.6. The highest BCUT2D eigenvalue weighted by molar-refractivity contribution is 7.93. The molecule has 26 heavy (non-hydrogen) atoms. The first-order chi connectivity index (χ1) is 12.5. The van der Waals surface area contributed by atoms with Crippen LogP contribution in [0.15, 0.2) is 47.6 Å². The number of aromatic amines is 1. The number of hydrogen-bond donors (Lipinski definition) is 2. The third-order valence-corrected chi connectivity index (χ3v) is 5.08. The Hall–Kier alpha value is -2.78. The third kappa shape index (κ3) is 3.73. The zero-order valence-corrected chi connectivity index (χ0v) is 15.2. The quantitative estimate of drug-likeness (QED) is 0.585. The van der Waals surface area contributed by atoms with Crippen LogP contribution in [-0.2, 0) is 14.8 Å². The molecule has 0 fully saturated rings. The molecule has 0 aliphatic carbocycles. The van der Waals surface area contributed by atoms with E-state index in [-0.39, 0.29) is 4.90 Å². The summed E-state index contributed by atoms with van der Waals surface area (Å²) in [6, 6.07) is 8.19. The smallest absolute Gasteiger partial charge is 0.264 e. The van der Waals surface area contributed by atoms with Crippen molar-refractivity contribution < 1.29 is 22.6 Å². The van der Waals surface area contributed by atoms with Crippen molar-refractivity contribution in [1.82, 2.24) is 9.97 Å². The average molecular weight is 377 g/mol. The lowest BCUT2D eigenvalue weighted by Crippen LogP contribution is -2.13. The van der Waals surface area contributed by atoms with E-state index >= 15 is 0 Å². The number of H-pyrrole nitrogens is 1. The SMILES string of the molecule is COCCOc1cc(NS(=O)(=O)c2c[nH]c3ncccc23)ccc1OC. The van der Waals surface area contributed by atoms with Crippen LogP contribution >= 0.6 is 0 Å². The maximum Gasteiger partial charge on any atom is 0.264 e. The summed E-state index contributed by atoms with van der Waals surface area (Å²) in [5.41, 5.74) is 0.864. The Labute approximate surface area is 151 Å². The van der Waals surface area contributed by atoms with Crippen molar-refractivity contribution in [3.63, 3.8) is 0 Å². The van der Waals surface area contributed by atoms with Gasteiger partial charge in [-0.15, -0.1) is 0 Å². The van der Waals surface area contributed by atoms with Gasteiger partial charge in [0.15, 0.2) is 11.5 Å². The van der Waals surface area contributed by atoms with Crippen LogP contribution in [0.3, 0.4) is 0 Å². The Bertz CT molecular complexity index is 1000. The molecular weight excluding hydrogens is 358 g/mol. The summed E-state index contributed by atoms with van der Waals surface area (Å²) in [5.74, 6) is 0.922. The number of sulfonamides is 1. The minimum absolute atomic E-state index is 0.123. The van der Waals surface area contributed by atoms with Crippen LogP contribution in [-0.4, -0.2) is 45.8 Å². The summed E-state index contributed by atoms with van der Waals surface area (Å²) in [6.07, 6.45) is 3.01. The summed E-state index contributed by atoms with van der Waals surface area (Å²) in [7, 11) is -0.715. The van der Waals surface area contributed by atoms with E-state index in [1.165, 1.54) is 13.3 Å². The Kier molecular flexibility index (Phi) is 5.29. The zero-order valence-electron chi connectivity index (χ0n) is 14.4. The van der Waals surface area contributed by atoms with E-state index in [9.17, 15) is 8.42 Å². The molecule has 2 N–H and O–H groups in total.